The van der Waals surface area contributed by atoms with E-state index in [1.807, 2.05) is 20.8 Å². The average molecular weight is 365 g/mol. The van der Waals surface area contributed by atoms with Crippen LogP contribution in [0.5, 0.6) is 5.75 Å². The van der Waals surface area contributed by atoms with Crippen LogP contribution in [-0.2, 0) is 5.41 Å². The normalized spacial score (nSPS) is 10.8. The van der Waals surface area contributed by atoms with Crippen molar-refractivity contribution in [2.75, 3.05) is 6.61 Å². The molecule has 0 unspecified atom stereocenters. The number of terminal acetylenes is 1. The number of ether oxygens (including phenoxy) is 1. The second-order valence-electron chi connectivity index (χ2n) is 5.56. The van der Waals surface area contributed by atoms with Gasteiger partial charge >= 0.3 is 35.3 Å². The summed E-state index contributed by atoms with van der Waals surface area (Å²) in [4.78, 5) is 12.0. The number of aromatic nitrogens is 2. The zero-order chi connectivity index (χ0) is 16.5. The van der Waals surface area contributed by atoms with Gasteiger partial charge in [0.2, 0.25) is 5.89 Å². The number of benzene rings is 1. The topological polar surface area (TPSA) is 57.3 Å². The molecule has 1 heterocycles. The van der Waals surface area contributed by atoms with Crippen LogP contribution in [0.15, 0.2) is 21.3 Å². The molecular weight excluding hydrogens is 350 g/mol. The maximum absolute atomic E-state index is 12.0. The summed E-state index contributed by atoms with van der Waals surface area (Å²) in [6, 6.07) is 2.96. The predicted octanol–water partition coefficient (Wildman–Crippen LogP) is 2.79. The Balaban J connectivity index is 0.00000264. The molecule has 2 rings (SSSR count). The van der Waals surface area contributed by atoms with Crippen LogP contribution >= 0.6 is 23.2 Å². The Morgan fingerprint density at radius 3 is 2.52 bits per heavy atom. The molecule has 23 heavy (non-hydrogen) atoms. The molecule has 0 aliphatic rings. The number of rotatable bonds is 3. The van der Waals surface area contributed by atoms with Crippen molar-refractivity contribution < 1.29 is 9.15 Å². The van der Waals surface area contributed by atoms with Gasteiger partial charge in [-0.25, -0.2) is 4.79 Å². The third-order valence-electron chi connectivity index (χ3n) is 2.73. The molecule has 0 atom stereocenters. The van der Waals surface area contributed by atoms with Gasteiger partial charge in [-0.2, -0.15) is 4.68 Å². The molecule has 0 saturated heterocycles. The first-order chi connectivity index (χ1) is 10.2. The third-order valence-corrected chi connectivity index (χ3v) is 3.33. The molecule has 0 aliphatic heterocycles. The van der Waals surface area contributed by atoms with E-state index in [0.29, 0.717) is 17.3 Å². The first-order valence-electron chi connectivity index (χ1n) is 6.40. The van der Waals surface area contributed by atoms with Crippen molar-refractivity contribution in [1.29, 1.82) is 0 Å². The second kappa shape index (κ2) is 7.78. The minimum atomic E-state index is -0.642. The molecule has 8 heteroatoms. The van der Waals surface area contributed by atoms with E-state index >= 15 is 0 Å². The first-order valence-corrected chi connectivity index (χ1v) is 7.16. The fourth-order valence-corrected chi connectivity index (χ4v) is 2.16. The summed E-state index contributed by atoms with van der Waals surface area (Å²) < 4.78 is 11.6. The Morgan fingerprint density at radius 2 is 2.00 bits per heavy atom. The molecule has 0 bridgehead atoms. The first kappa shape index (κ1) is 20.1. The van der Waals surface area contributed by atoms with Crippen LogP contribution in [0.25, 0.3) is 5.69 Å². The SMILES string of the molecule is C#CCOc1cc(-n2nc(C(C)(C)C)oc2=O)c(Cl)cc1Cl.[NaH]. The molecule has 0 spiro atoms. The fourth-order valence-electron chi connectivity index (χ4n) is 1.64. The Hall–Kier alpha value is -0.900. The van der Waals surface area contributed by atoms with Gasteiger partial charge in [-0.3, -0.25) is 0 Å². The number of hydrogen-bond acceptors (Lipinski definition) is 4. The standard InChI is InChI=1S/C15H14Cl2N2O3.Na.H/c1-5-6-21-12-8-11(9(16)7-10(12)17)19-14(20)22-13(18-19)15(2,3)4;;/h1,7-8H,6H2,2-4H3;;. The van der Waals surface area contributed by atoms with Crippen LogP contribution < -0.4 is 10.5 Å². The summed E-state index contributed by atoms with van der Waals surface area (Å²) in [5.74, 6) is 2.31. The van der Waals surface area contributed by atoms with E-state index in [2.05, 4.69) is 11.0 Å². The van der Waals surface area contributed by atoms with Crippen molar-refractivity contribution in [3.05, 3.63) is 38.6 Å². The van der Waals surface area contributed by atoms with E-state index in [1.165, 1.54) is 12.1 Å². The summed E-state index contributed by atoms with van der Waals surface area (Å²) in [5.41, 5.74) is -0.103. The van der Waals surface area contributed by atoms with Gasteiger partial charge in [-0.05, 0) is 6.07 Å². The average Bonchev–Trinajstić information content (AvgIpc) is 2.80. The van der Waals surface area contributed by atoms with E-state index in [-0.39, 0.29) is 46.2 Å². The zero-order valence-electron chi connectivity index (χ0n) is 12.3. The summed E-state index contributed by atoms with van der Waals surface area (Å²) in [7, 11) is 0. The summed E-state index contributed by atoms with van der Waals surface area (Å²) >= 11 is 12.2. The van der Waals surface area contributed by atoms with Gasteiger partial charge in [-0.1, -0.05) is 49.9 Å². The van der Waals surface area contributed by atoms with Crippen molar-refractivity contribution in [3.63, 3.8) is 0 Å². The van der Waals surface area contributed by atoms with Gasteiger partial charge in [0.15, 0.2) is 0 Å². The third kappa shape index (κ3) is 4.56. The van der Waals surface area contributed by atoms with Gasteiger partial charge in [-0.15, -0.1) is 11.5 Å². The van der Waals surface area contributed by atoms with Crippen LogP contribution in [-0.4, -0.2) is 45.9 Å². The van der Waals surface area contributed by atoms with Gasteiger partial charge < -0.3 is 9.15 Å². The molecule has 1 aromatic carbocycles. The number of nitrogens with zero attached hydrogens (tertiary/aromatic N) is 2. The summed E-state index contributed by atoms with van der Waals surface area (Å²) in [6.45, 7) is 5.69. The molecule has 2 aromatic rings. The molecule has 0 N–H and O–H groups in total. The van der Waals surface area contributed by atoms with Crippen molar-refractivity contribution >= 4 is 52.8 Å². The van der Waals surface area contributed by atoms with E-state index < -0.39 is 11.2 Å². The van der Waals surface area contributed by atoms with Crippen molar-refractivity contribution in [2.24, 2.45) is 0 Å². The van der Waals surface area contributed by atoms with Crippen LogP contribution in [0.4, 0.5) is 0 Å². The molecule has 0 aliphatic carbocycles. The Labute approximate surface area is 166 Å². The van der Waals surface area contributed by atoms with E-state index in [1.54, 1.807) is 0 Å². The Morgan fingerprint density at radius 1 is 1.35 bits per heavy atom. The summed E-state index contributed by atoms with van der Waals surface area (Å²) in [6.07, 6.45) is 5.15. The Kier molecular flexibility index (Phi) is 6.81. The molecular formula is C15H15Cl2N2NaO3. The van der Waals surface area contributed by atoms with Gasteiger partial charge in [0.05, 0.1) is 15.7 Å². The maximum atomic E-state index is 12.0. The van der Waals surface area contributed by atoms with E-state index in [0.717, 1.165) is 4.68 Å². The van der Waals surface area contributed by atoms with Crippen molar-refractivity contribution in [3.8, 4) is 23.8 Å². The minimum absolute atomic E-state index is 0. The van der Waals surface area contributed by atoms with Crippen LogP contribution in [0.1, 0.15) is 26.7 Å². The quantitative estimate of drug-likeness (QED) is 0.620. The van der Waals surface area contributed by atoms with Crippen LogP contribution in [0, 0.1) is 12.3 Å². The molecule has 5 nitrogen and oxygen atoms in total. The molecule has 0 fully saturated rings. The van der Waals surface area contributed by atoms with Crippen molar-refractivity contribution in [1.82, 2.24) is 9.78 Å². The number of halogens is 2. The molecule has 0 saturated carbocycles. The van der Waals surface area contributed by atoms with E-state index in [9.17, 15) is 4.79 Å². The fraction of sp³-hybridized carbons (Fsp3) is 0.333. The van der Waals surface area contributed by atoms with Gasteiger partial charge in [0, 0.05) is 11.5 Å². The van der Waals surface area contributed by atoms with Gasteiger partial charge in [0.1, 0.15) is 12.4 Å². The summed E-state index contributed by atoms with van der Waals surface area (Å²) in [5, 5.41) is 4.71. The molecule has 118 valence electrons. The number of hydrogen-bond donors (Lipinski definition) is 0. The zero-order valence-corrected chi connectivity index (χ0v) is 13.8. The second-order valence-corrected chi connectivity index (χ2v) is 6.38. The molecule has 1 aromatic heterocycles. The van der Waals surface area contributed by atoms with E-state index in [4.69, 9.17) is 38.8 Å². The molecule has 0 amide bonds. The van der Waals surface area contributed by atoms with Crippen molar-refractivity contribution in [2.45, 2.75) is 26.2 Å². The van der Waals surface area contributed by atoms with Gasteiger partial charge in [0.25, 0.3) is 0 Å². The molecule has 0 radical (unpaired) electrons. The Bertz CT molecular complexity index is 801. The predicted molar refractivity (Wildman–Crippen MR) is 92.3 cm³/mol. The monoisotopic (exact) mass is 364 g/mol. The van der Waals surface area contributed by atoms with Crippen LogP contribution in [0.3, 0.4) is 0 Å². The van der Waals surface area contributed by atoms with Crippen LogP contribution in [0.2, 0.25) is 10.0 Å².